The fourth-order valence-electron chi connectivity index (χ4n) is 2.35. The van der Waals surface area contributed by atoms with E-state index in [2.05, 4.69) is 48.1 Å². The molecule has 0 aliphatic carbocycles. The molecular formula is C16H24N4O. The first-order chi connectivity index (χ1) is 10.2. The second kappa shape index (κ2) is 7.31. The monoisotopic (exact) mass is 288 g/mol. The molecule has 0 fully saturated rings. The van der Waals surface area contributed by atoms with Crippen molar-refractivity contribution in [2.24, 2.45) is 5.92 Å². The van der Waals surface area contributed by atoms with E-state index in [1.54, 1.807) is 6.20 Å². The third-order valence-corrected chi connectivity index (χ3v) is 3.62. The van der Waals surface area contributed by atoms with E-state index in [1.165, 1.54) is 0 Å². The average Bonchev–Trinajstić information content (AvgIpc) is 2.95. The number of hydrogen-bond acceptors (Lipinski definition) is 5. The highest BCUT2D eigenvalue weighted by Gasteiger charge is 2.18. The van der Waals surface area contributed by atoms with Gasteiger partial charge in [0.2, 0.25) is 11.7 Å². The second-order valence-corrected chi connectivity index (χ2v) is 5.49. The highest BCUT2D eigenvalue weighted by atomic mass is 16.5. The van der Waals surface area contributed by atoms with E-state index in [9.17, 15) is 0 Å². The average molecular weight is 288 g/mol. The van der Waals surface area contributed by atoms with Crippen LogP contribution in [-0.2, 0) is 12.8 Å². The summed E-state index contributed by atoms with van der Waals surface area (Å²) in [6.45, 7) is 9.53. The number of rotatable bonds is 7. The summed E-state index contributed by atoms with van der Waals surface area (Å²) in [5, 5.41) is 7.55. The molecule has 0 radical (unpaired) electrons. The van der Waals surface area contributed by atoms with Gasteiger partial charge in [-0.05, 0) is 30.5 Å². The van der Waals surface area contributed by atoms with Crippen LogP contribution in [0.15, 0.2) is 22.9 Å². The molecule has 1 unspecified atom stereocenters. The molecule has 0 aliphatic heterocycles. The van der Waals surface area contributed by atoms with Crippen molar-refractivity contribution in [3.8, 4) is 11.5 Å². The van der Waals surface area contributed by atoms with Crippen molar-refractivity contribution in [3.05, 3.63) is 29.8 Å². The SMILES string of the molecule is CCNC(Cc1nc(-c2ncccc2CC)no1)C(C)C. The van der Waals surface area contributed by atoms with Crippen LogP contribution < -0.4 is 5.32 Å². The number of aromatic nitrogens is 3. The lowest BCUT2D eigenvalue weighted by Gasteiger charge is -2.19. The van der Waals surface area contributed by atoms with Crippen molar-refractivity contribution in [1.29, 1.82) is 0 Å². The Morgan fingerprint density at radius 3 is 2.76 bits per heavy atom. The predicted molar refractivity (Wildman–Crippen MR) is 82.9 cm³/mol. The standard InChI is InChI=1S/C16H24N4O/c1-5-12-8-7-9-18-15(12)16-19-14(21-20-16)10-13(11(3)4)17-6-2/h7-9,11,13,17H,5-6,10H2,1-4H3. The zero-order chi connectivity index (χ0) is 15.2. The molecule has 0 saturated carbocycles. The summed E-state index contributed by atoms with van der Waals surface area (Å²) in [5.41, 5.74) is 1.96. The molecule has 1 N–H and O–H groups in total. The summed E-state index contributed by atoms with van der Waals surface area (Å²) in [6.07, 6.45) is 3.41. The van der Waals surface area contributed by atoms with Gasteiger partial charge in [-0.2, -0.15) is 4.98 Å². The molecule has 2 heterocycles. The number of likely N-dealkylation sites (N-methyl/N-ethyl adjacent to an activating group) is 1. The summed E-state index contributed by atoms with van der Waals surface area (Å²) >= 11 is 0. The summed E-state index contributed by atoms with van der Waals surface area (Å²) in [5.74, 6) is 1.76. The smallest absolute Gasteiger partial charge is 0.228 e. The number of nitrogens with one attached hydrogen (secondary N) is 1. The maximum atomic E-state index is 5.40. The van der Waals surface area contributed by atoms with Crippen molar-refractivity contribution in [2.45, 2.75) is 46.6 Å². The van der Waals surface area contributed by atoms with Gasteiger partial charge in [-0.3, -0.25) is 4.98 Å². The van der Waals surface area contributed by atoms with Crippen LogP contribution >= 0.6 is 0 Å². The molecule has 1 atom stereocenters. The van der Waals surface area contributed by atoms with Crippen molar-refractivity contribution < 1.29 is 4.52 Å². The third kappa shape index (κ3) is 3.88. The Kier molecular flexibility index (Phi) is 5.44. The number of pyridine rings is 1. The van der Waals surface area contributed by atoms with Gasteiger partial charge in [-0.25, -0.2) is 0 Å². The van der Waals surface area contributed by atoms with E-state index >= 15 is 0 Å². The van der Waals surface area contributed by atoms with Crippen LogP contribution in [0.1, 0.15) is 39.1 Å². The molecule has 5 heteroatoms. The minimum atomic E-state index is 0.345. The predicted octanol–water partition coefficient (Wildman–Crippen LogP) is 2.87. The highest BCUT2D eigenvalue weighted by molar-refractivity contribution is 5.53. The van der Waals surface area contributed by atoms with E-state index in [4.69, 9.17) is 4.52 Å². The van der Waals surface area contributed by atoms with Gasteiger partial charge in [0, 0.05) is 18.7 Å². The molecule has 2 aromatic heterocycles. The van der Waals surface area contributed by atoms with Crippen LogP contribution in [0.25, 0.3) is 11.5 Å². The van der Waals surface area contributed by atoms with Gasteiger partial charge in [0.05, 0.1) is 0 Å². The summed E-state index contributed by atoms with van der Waals surface area (Å²) in [6, 6.07) is 4.33. The lowest BCUT2D eigenvalue weighted by Crippen LogP contribution is -2.35. The normalized spacial score (nSPS) is 12.8. The Morgan fingerprint density at radius 1 is 1.29 bits per heavy atom. The molecule has 0 saturated heterocycles. The molecule has 0 spiro atoms. The topological polar surface area (TPSA) is 63.8 Å². The van der Waals surface area contributed by atoms with Gasteiger partial charge in [-0.15, -0.1) is 0 Å². The van der Waals surface area contributed by atoms with Crippen molar-refractivity contribution >= 4 is 0 Å². The van der Waals surface area contributed by atoms with Gasteiger partial charge < -0.3 is 9.84 Å². The lowest BCUT2D eigenvalue weighted by atomic mass is 10.0. The van der Waals surface area contributed by atoms with Gasteiger partial charge in [0.25, 0.3) is 0 Å². The molecular weight excluding hydrogens is 264 g/mol. The van der Waals surface area contributed by atoms with E-state index in [0.29, 0.717) is 23.7 Å². The van der Waals surface area contributed by atoms with Gasteiger partial charge in [-0.1, -0.05) is 38.9 Å². The number of nitrogens with zero attached hydrogens (tertiary/aromatic N) is 3. The van der Waals surface area contributed by atoms with Gasteiger partial charge >= 0.3 is 0 Å². The Morgan fingerprint density at radius 2 is 2.10 bits per heavy atom. The van der Waals surface area contributed by atoms with E-state index in [-0.39, 0.29) is 0 Å². The molecule has 114 valence electrons. The third-order valence-electron chi connectivity index (χ3n) is 3.62. The van der Waals surface area contributed by atoms with Gasteiger partial charge in [0.1, 0.15) is 5.69 Å². The maximum absolute atomic E-state index is 5.40. The van der Waals surface area contributed by atoms with E-state index < -0.39 is 0 Å². The molecule has 0 aromatic carbocycles. The fourth-order valence-corrected chi connectivity index (χ4v) is 2.35. The van der Waals surface area contributed by atoms with Crippen molar-refractivity contribution in [3.63, 3.8) is 0 Å². The van der Waals surface area contributed by atoms with Crippen molar-refractivity contribution in [2.75, 3.05) is 6.54 Å². The summed E-state index contributed by atoms with van der Waals surface area (Å²) in [7, 11) is 0. The fraction of sp³-hybridized carbons (Fsp3) is 0.562. The Bertz CT molecular complexity index is 565. The van der Waals surface area contributed by atoms with Gasteiger partial charge in [0.15, 0.2) is 0 Å². The first-order valence-electron chi connectivity index (χ1n) is 7.65. The zero-order valence-corrected chi connectivity index (χ0v) is 13.3. The molecule has 0 aliphatic rings. The molecule has 2 rings (SSSR count). The van der Waals surface area contributed by atoms with Crippen molar-refractivity contribution in [1.82, 2.24) is 20.4 Å². The quantitative estimate of drug-likeness (QED) is 0.848. The van der Waals surface area contributed by atoms with Crippen LogP contribution in [0.5, 0.6) is 0 Å². The lowest BCUT2D eigenvalue weighted by molar-refractivity contribution is 0.329. The van der Waals surface area contributed by atoms with Crippen LogP contribution in [0.2, 0.25) is 0 Å². The number of hydrogen-bond donors (Lipinski definition) is 1. The largest absolute Gasteiger partial charge is 0.339 e. The molecule has 0 bridgehead atoms. The van der Waals surface area contributed by atoms with Crippen LogP contribution in [0.3, 0.4) is 0 Å². The summed E-state index contributed by atoms with van der Waals surface area (Å²) < 4.78 is 5.40. The Hall–Kier alpha value is -1.75. The molecule has 21 heavy (non-hydrogen) atoms. The van der Waals surface area contributed by atoms with E-state index in [0.717, 1.165) is 30.6 Å². The van der Waals surface area contributed by atoms with Crippen LogP contribution in [0, 0.1) is 5.92 Å². The number of aryl methyl sites for hydroxylation is 1. The first-order valence-corrected chi connectivity index (χ1v) is 7.65. The molecule has 5 nitrogen and oxygen atoms in total. The second-order valence-electron chi connectivity index (χ2n) is 5.49. The maximum Gasteiger partial charge on any atom is 0.228 e. The first kappa shape index (κ1) is 15.6. The van der Waals surface area contributed by atoms with E-state index in [1.807, 2.05) is 12.1 Å². The highest BCUT2D eigenvalue weighted by Crippen LogP contribution is 2.19. The minimum Gasteiger partial charge on any atom is -0.339 e. The zero-order valence-electron chi connectivity index (χ0n) is 13.3. The minimum absolute atomic E-state index is 0.345. The molecule has 0 amide bonds. The Labute approximate surface area is 126 Å². The Balaban J connectivity index is 2.17. The summed E-state index contributed by atoms with van der Waals surface area (Å²) in [4.78, 5) is 8.90. The van der Waals surface area contributed by atoms with Crippen LogP contribution in [-0.4, -0.2) is 27.7 Å². The molecule has 2 aromatic rings. The van der Waals surface area contributed by atoms with Crippen LogP contribution in [0.4, 0.5) is 0 Å².